The van der Waals surface area contributed by atoms with Gasteiger partial charge in [0.05, 0.1) is 16.8 Å². The lowest BCUT2D eigenvalue weighted by Crippen LogP contribution is -2.24. The Kier molecular flexibility index (Phi) is 2.46. The van der Waals surface area contributed by atoms with E-state index in [4.69, 9.17) is 0 Å². The molecule has 5 heteroatoms. The first kappa shape index (κ1) is 11.3. The predicted octanol–water partition coefficient (Wildman–Crippen LogP) is 1.18. The number of hydrogen-bond acceptors (Lipinski definition) is 3. The number of anilines is 1. The van der Waals surface area contributed by atoms with E-state index in [-0.39, 0.29) is 23.3 Å². The van der Waals surface area contributed by atoms with Crippen LogP contribution >= 0.6 is 0 Å². The van der Waals surface area contributed by atoms with E-state index in [1.807, 2.05) is 6.92 Å². The first-order chi connectivity index (χ1) is 7.91. The van der Waals surface area contributed by atoms with Crippen LogP contribution < -0.4 is 5.32 Å². The SMILES string of the molecule is CC(=O)Nc1cc(C)cc2c1C(=O)N(C)C2=O. The lowest BCUT2D eigenvalue weighted by molar-refractivity contribution is -0.114. The molecule has 17 heavy (non-hydrogen) atoms. The second kappa shape index (κ2) is 3.69. The van der Waals surface area contributed by atoms with Crippen LogP contribution in [0.2, 0.25) is 0 Å². The first-order valence-corrected chi connectivity index (χ1v) is 5.16. The Morgan fingerprint density at radius 2 is 1.88 bits per heavy atom. The highest BCUT2D eigenvalue weighted by molar-refractivity contribution is 6.24. The van der Waals surface area contributed by atoms with E-state index >= 15 is 0 Å². The largest absolute Gasteiger partial charge is 0.326 e. The van der Waals surface area contributed by atoms with Gasteiger partial charge in [-0.25, -0.2) is 0 Å². The molecule has 0 saturated heterocycles. The molecule has 0 aliphatic carbocycles. The van der Waals surface area contributed by atoms with E-state index < -0.39 is 0 Å². The van der Waals surface area contributed by atoms with E-state index in [0.717, 1.165) is 10.5 Å². The van der Waals surface area contributed by atoms with Crippen molar-refractivity contribution in [2.45, 2.75) is 13.8 Å². The summed E-state index contributed by atoms with van der Waals surface area (Å²) in [5.74, 6) is -0.985. The summed E-state index contributed by atoms with van der Waals surface area (Å²) < 4.78 is 0. The third-order valence-corrected chi connectivity index (χ3v) is 2.65. The van der Waals surface area contributed by atoms with Gasteiger partial charge >= 0.3 is 0 Å². The summed E-state index contributed by atoms with van der Waals surface area (Å²) in [6, 6.07) is 3.34. The quantitative estimate of drug-likeness (QED) is 0.739. The number of fused-ring (bicyclic) bond motifs is 1. The zero-order valence-electron chi connectivity index (χ0n) is 9.83. The minimum absolute atomic E-state index is 0.271. The van der Waals surface area contributed by atoms with E-state index in [1.54, 1.807) is 12.1 Å². The number of nitrogens with one attached hydrogen (secondary N) is 1. The summed E-state index contributed by atoms with van der Waals surface area (Å²) in [6.45, 7) is 3.17. The molecule has 2 rings (SSSR count). The van der Waals surface area contributed by atoms with Gasteiger partial charge in [0, 0.05) is 14.0 Å². The summed E-state index contributed by atoms with van der Waals surface area (Å²) in [5, 5.41) is 2.58. The maximum atomic E-state index is 11.9. The van der Waals surface area contributed by atoms with E-state index in [9.17, 15) is 14.4 Å². The molecular formula is C12H12N2O3. The molecule has 1 aliphatic heterocycles. The number of amides is 3. The molecule has 0 aromatic heterocycles. The van der Waals surface area contributed by atoms with Crippen molar-refractivity contribution in [2.75, 3.05) is 12.4 Å². The molecule has 1 aromatic carbocycles. The van der Waals surface area contributed by atoms with Crippen LogP contribution in [0.15, 0.2) is 12.1 Å². The van der Waals surface area contributed by atoms with Gasteiger partial charge in [-0.15, -0.1) is 0 Å². The fourth-order valence-electron chi connectivity index (χ4n) is 1.91. The van der Waals surface area contributed by atoms with Gasteiger partial charge in [-0.3, -0.25) is 19.3 Å². The summed E-state index contributed by atoms with van der Waals surface area (Å²) in [5.41, 5.74) is 1.85. The minimum atomic E-state index is -0.381. The molecule has 1 aromatic rings. The second-order valence-corrected chi connectivity index (χ2v) is 4.09. The molecule has 3 amide bonds. The van der Waals surface area contributed by atoms with Crippen molar-refractivity contribution >= 4 is 23.4 Å². The predicted molar refractivity (Wildman–Crippen MR) is 61.9 cm³/mol. The number of rotatable bonds is 1. The Hall–Kier alpha value is -2.17. The Morgan fingerprint density at radius 1 is 1.24 bits per heavy atom. The van der Waals surface area contributed by atoms with Crippen LogP contribution in [0.4, 0.5) is 5.69 Å². The Morgan fingerprint density at radius 3 is 2.47 bits per heavy atom. The van der Waals surface area contributed by atoms with Crippen molar-refractivity contribution in [1.82, 2.24) is 4.90 Å². The lowest BCUT2D eigenvalue weighted by Gasteiger charge is -2.08. The summed E-state index contributed by atoms with van der Waals surface area (Å²) in [6.07, 6.45) is 0. The molecule has 88 valence electrons. The third kappa shape index (κ3) is 1.69. The zero-order valence-corrected chi connectivity index (χ0v) is 9.83. The maximum Gasteiger partial charge on any atom is 0.263 e. The number of carbonyl (C=O) groups is 3. The average molecular weight is 232 g/mol. The first-order valence-electron chi connectivity index (χ1n) is 5.16. The summed E-state index contributed by atoms with van der Waals surface area (Å²) in [7, 11) is 1.43. The van der Waals surface area contributed by atoms with Crippen LogP contribution in [0.1, 0.15) is 33.2 Å². The summed E-state index contributed by atoms with van der Waals surface area (Å²) >= 11 is 0. The monoisotopic (exact) mass is 232 g/mol. The number of imide groups is 1. The normalized spacial score (nSPS) is 13.9. The van der Waals surface area contributed by atoms with Gasteiger partial charge in [-0.05, 0) is 24.6 Å². The maximum absolute atomic E-state index is 11.9. The highest BCUT2D eigenvalue weighted by atomic mass is 16.2. The van der Waals surface area contributed by atoms with Gasteiger partial charge < -0.3 is 5.32 Å². The zero-order chi connectivity index (χ0) is 12.7. The van der Waals surface area contributed by atoms with Gasteiger partial charge in [-0.1, -0.05) is 0 Å². The van der Waals surface area contributed by atoms with Crippen LogP contribution in [-0.4, -0.2) is 29.7 Å². The van der Waals surface area contributed by atoms with Crippen LogP contribution in [0.5, 0.6) is 0 Å². The smallest absolute Gasteiger partial charge is 0.263 e. The minimum Gasteiger partial charge on any atom is -0.326 e. The fraction of sp³-hybridized carbons (Fsp3) is 0.250. The molecule has 0 spiro atoms. The van der Waals surface area contributed by atoms with Gasteiger partial charge in [-0.2, -0.15) is 0 Å². The molecule has 0 fully saturated rings. The lowest BCUT2D eigenvalue weighted by atomic mass is 10.0. The molecule has 0 radical (unpaired) electrons. The Balaban J connectivity index is 2.65. The molecule has 0 bridgehead atoms. The van der Waals surface area contributed by atoms with E-state index in [0.29, 0.717) is 11.3 Å². The number of aryl methyl sites for hydroxylation is 1. The molecule has 1 aliphatic rings. The number of hydrogen-bond donors (Lipinski definition) is 1. The Bertz CT molecular complexity index is 549. The number of nitrogens with zero attached hydrogens (tertiary/aromatic N) is 1. The highest BCUT2D eigenvalue weighted by Gasteiger charge is 2.35. The standard InChI is InChI=1S/C12H12N2O3/c1-6-4-8-10(9(5-6)13-7(2)15)12(17)14(3)11(8)16/h4-5H,1-3H3,(H,13,15). The van der Waals surface area contributed by atoms with Crippen molar-refractivity contribution in [1.29, 1.82) is 0 Å². The summed E-state index contributed by atoms with van der Waals surface area (Å²) in [4.78, 5) is 35.8. The molecule has 0 atom stereocenters. The molecular weight excluding hydrogens is 220 g/mol. The van der Waals surface area contributed by atoms with Crippen LogP contribution in [0.3, 0.4) is 0 Å². The van der Waals surface area contributed by atoms with Crippen LogP contribution in [-0.2, 0) is 4.79 Å². The molecule has 5 nitrogen and oxygen atoms in total. The van der Waals surface area contributed by atoms with Crippen molar-refractivity contribution in [3.63, 3.8) is 0 Å². The topological polar surface area (TPSA) is 66.5 Å². The fourth-order valence-corrected chi connectivity index (χ4v) is 1.91. The molecule has 1 heterocycles. The van der Waals surface area contributed by atoms with Gasteiger partial charge in [0.15, 0.2) is 0 Å². The third-order valence-electron chi connectivity index (χ3n) is 2.65. The Labute approximate surface area is 98.4 Å². The van der Waals surface area contributed by atoms with E-state index in [1.165, 1.54) is 14.0 Å². The van der Waals surface area contributed by atoms with Crippen LogP contribution in [0, 0.1) is 6.92 Å². The van der Waals surface area contributed by atoms with Crippen molar-refractivity contribution in [3.8, 4) is 0 Å². The second-order valence-electron chi connectivity index (χ2n) is 4.09. The molecule has 0 unspecified atom stereocenters. The van der Waals surface area contributed by atoms with Gasteiger partial charge in [0.25, 0.3) is 11.8 Å². The molecule has 1 N–H and O–H groups in total. The van der Waals surface area contributed by atoms with E-state index in [2.05, 4.69) is 5.32 Å². The number of benzene rings is 1. The highest BCUT2D eigenvalue weighted by Crippen LogP contribution is 2.29. The van der Waals surface area contributed by atoms with Crippen molar-refractivity contribution < 1.29 is 14.4 Å². The molecule has 0 saturated carbocycles. The number of carbonyl (C=O) groups excluding carboxylic acids is 3. The van der Waals surface area contributed by atoms with Crippen molar-refractivity contribution in [3.05, 3.63) is 28.8 Å². The van der Waals surface area contributed by atoms with Gasteiger partial charge in [0.1, 0.15) is 0 Å². The van der Waals surface area contributed by atoms with Gasteiger partial charge in [0.2, 0.25) is 5.91 Å². The average Bonchev–Trinajstić information content (AvgIpc) is 2.43. The van der Waals surface area contributed by atoms with Crippen molar-refractivity contribution in [2.24, 2.45) is 0 Å². The van der Waals surface area contributed by atoms with Crippen LogP contribution in [0.25, 0.3) is 0 Å².